The van der Waals surface area contributed by atoms with Gasteiger partial charge in [0.25, 0.3) is 5.91 Å². The molecule has 110 valence electrons. The van der Waals surface area contributed by atoms with Gasteiger partial charge in [-0.1, -0.05) is 38.8 Å². The summed E-state index contributed by atoms with van der Waals surface area (Å²) in [5, 5.41) is 11.8. The largest absolute Gasteiger partial charge is 0.480 e. The predicted octanol–water partition coefficient (Wildman–Crippen LogP) is 2.53. The van der Waals surface area contributed by atoms with Crippen molar-refractivity contribution in [2.24, 2.45) is 5.92 Å². The summed E-state index contributed by atoms with van der Waals surface area (Å²) >= 11 is 5.88. The molecule has 0 bridgehead atoms. The number of aliphatic carboxylic acids is 1. The molecule has 0 radical (unpaired) electrons. The van der Waals surface area contributed by atoms with E-state index in [1.54, 1.807) is 19.9 Å². The molecule has 0 unspecified atom stereocenters. The molecule has 2 N–H and O–H groups in total. The Morgan fingerprint density at radius 3 is 2.55 bits per heavy atom. The summed E-state index contributed by atoms with van der Waals surface area (Å²) < 4.78 is 0. The summed E-state index contributed by atoms with van der Waals surface area (Å²) in [5.41, 5.74) is 1.06. The fourth-order valence-electron chi connectivity index (χ4n) is 1.80. The van der Waals surface area contributed by atoms with Gasteiger partial charge in [0.15, 0.2) is 0 Å². The summed E-state index contributed by atoms with van der Waals surface area (Å²) in [6, 6.07) is 2.16. The molecule has 20 heavy (non-hydrogen) atoms. The van der Waals surface area contributed by atoms with Crippen LogP contribution in [-0.4, -0.2) is 28.0 Å². The lowest BCUT2D eigenvalue weighted by molar-refractivity contribution is -0.140. The molecule has 1 heterocycles. The highest BCUT2D eigenvalue weighted by Crippen LogP contribution is 2.13. The van der Waals surface area contributed by atoms with Crippen molar-refractivity contribution in [2.75, 3.05) is 0 Å². The average molecular weight is 299 g/mol. The highest BCUT2D eigenvalue weighted by Gasteiger charge is 2.24. The minimum atomic E-state index is -1.05. The number of aromatic nitrogens is 1. The molecule has 5 nitrogen and oxygen atoms in total. The van der Waals surface area contributed by atoms with Gasteiger partial charge in [-0.3, -0.25) is 4.79 Å². The van der Waals surface area contributed by atoms with Gasteiger partial charge in [0.1, 0.15) is 11.2 Å². The van der Waals surface area contributed by atoms with Gasteiger partial charge in [-0.05, 0) is 24.5 Å². The van der Waals surface area contributed by atoms with Gasteiger partial charge in [-0.15, -0.1) is 0 Å². The average Bonchev–Trinajstić information content (AvgIpc) is 2.34. The highest BCUT2D eigenvalue weighted by atomic mass is 35.5. The summed E-state index contributed by atoms with van der Waals surface area (Å²) in [6.45, 7) is 5.48. The number of halogens is 1. The van der Waals surface area contributed by atoms with Crippen molar-refractivity contribution in [2.45, 2.75) is 39.7 Å². The van der Waals surface area contributed by atoms with Crippen LogP contribution in [0.5, 0.6) is 0 Å². The number of amides is 1. The molecule has 0 aromatic carbocycles. The number of hydrogen-bond acceptors (Lipinski definition) is 3. The Labute approximate surface area is 123 Å². The van der Waals surface area contributed by atoms with Crippen molar-refractivity contribution >= 4 is 23.5 Å². The zero-order chi connectivity index (χ0) is 15.3. The second-order valence-electron chi connectivity index (χ2n) is 4.95. The van der Waals surface area contributed by atoms with Crippen molar-refractivity contribution in [1.29, 1.82) is 0 Å². The molecule has 1 aromatic heterocycles. The normalized spacial score (nSPS) is 12.2. The maximum atomic E-state index is 12.1. The van der Waals surface area contributed by atoms with Gasteiger partial charge in [0.05, 0.1) is 0 Å². The summed E-state index contributed by atoms with van der Waals surface area (Å²) in [7, 11) is 0. The molecule has 1 rings (SSSR count). The third kappa shape index (κ3) is 4.49. The van der Waals surface area contributed by atoms with E-state index in [0.717, 1.165) is 12.1 Å². The van der Waals surface area contributed by atoms with Crippen molar-refractivity contribution < 1.29 is 14.7 Å². The van der Waals surface area contributed by atoms with E-state index in [1.807, 2.05) is 6.92 Å². The van der Waals surface area contributed by atoms with Crippen LogP contribution in [0.4, 0.5) is 0 Å². The zero-order valence-corrected chi connectivity index (χ0v) is 12.6. The molecule has 0 saturated heterocycles. The Hall–Kier alpha value is -1.62. The Morgan fingerprint density at radius 1 is 1.40 bits per heavy atom. The van der Waals surface area contributed by atoms with Crippen molar-refractivity contribution in [3.8, 4) is 0 Å². The van der Waals surface area contributed by atoms with Crippen LogP contribution in [0.2, 0.25) is 5.15 Å². The number of rotatable bonds is 6. The fourth-order valence-corrected chi connectivity index (χ4v) is 2.03. The number of nitrogens with one attached hydrogen (secondary N) is 1. The van der Waals surface area contributed by atoms with Gasteiger partial charge in [-0.2, -0.15) is 0 Å². The van der Waals surface area contributed by atoms with Crippen LogP contribution < -0.4 is 5.32 Å². The van der Waals surface area contributed by atoms with Crippen molar-refractivity contribution in [3.05, 3.63) is 28.5 Å². The maximum absolute atomic E-state index is 12.1. The summed E-state index contributed by atoms with van der Waals surface area (Å²) in [5.74, 6) is -1.71. The molecule has 0 aliphatic rings. The van der Waals surface area contributed by atoms with Gasteiger partial charge >= 0.3 is 5.97 Å². The Morgan fingerprint density at radius 2 is 2.05 bits per heavy atom. The SMILES string of the molecule is CCCc1cc(C(=O)N[C@@H](C(=O)O)C(C)C)cc(Cl)n1. The maximum Gasteiger partial charge on any atom is 0.326 e. The van der Waals surface area contributed by atoms with E-state index in [9.17, 15) is 9.59 Å². The Balaban J connectivity index is 2.94. The van der Waals surface area contributed by atoms with E-state index in [2.05, 4.69) is 10.3 Å². The standard InChI is InChI=1S/C14H19ClN2O3/c1-4-5-10-6-9(7-11(15)16-10)13(18)17-12(8(2)3)14(19)20/h6-8,12H,4-5H2,1-3H3,(H,17,18)(H,19,20)/t12-/m1/s1. The van der Waals surface area contributed by atoms with Gasteiger partial charge in [0, 0.05) is 11.3 Å². The molecule has 1 atom stereocenters. The smallest absolute Gasteiger partial charge is 0.326 e. The first kappa shape index (κ1) is 16.4. The molecule has 1 aromatic rings. The first-order chi connectivity index (χ1) is 9.35. The minimum Gasteiger partial charge on any atom is -0.480 e. The second-order valence-corrected chi connectivity index (χ2v) is 5.34. The van der Waals surface area contributed by atoms with Gasteiger partial charge in [-0.25, -0.2) is 9.78 Å². The minimum absolute atomic E-state index is 0.205. The van der Waals surface area contributed by atoms with E-state index in [-0.39, 0.29) is 11.1 Å². The first-order valence-electron chi connectivity index (χ1n) is 6.55. The Kier molecular flexibility index (Phi) is 5.95. The lowest BCUT2D eigenvalue weighted by atomic mass is 10.0. The molecule has 6 heteroatoms. The lowest BCUT2D eigenvalue weighted by Gasteiger charge is -2.18. The fraction of sp³-hybridized carbons (Fsp3) is 0.500. The van der Waals surface area contributed by atoms with E-state index < -0.39 is 17.9 Å². The van der Waals surface area contributed by atoms with Crippen LogP contribution in [0, 0.1) is 5.92 Å². The molecule has 0 fully saturated rings. The molecule has 1 amide bonds. The monoisotopic (exact) mass is 298 g/mol. The molecular weight excluding hydrogens is 280 g/mol. The van der Waals surface area contributed by atoms with Crippen LogP contribution in [-0.2, 0) is 11.2 Å². The Bertz CT molecular complexity index is 503. The summed E-state index contributed by atoms with van der Waals surface area (Å²) in [4.78, 5) is 27.3. The van der Waals surface area contributed by atoms with E-state index >= 15 is 0 Å². The van der Waals surface area contributed by atoms with Crippen LogP contribution in [0.3, 0.4) is 0 Å². The number of nitrogens with zero attached hydrogens (tertiary/aromatic N) is 1. The number of pyridine rings is 1. The third-order valence-corrected chi connectivity index (χ3v) is 3.03. The molecular formula is C14H19ClN2O3. The second kappa shape index (κ2) is 7.24. The van der Waals surface area contributed by atoms with Crippen molar-refractivity contribution in [1.82, 2.24) is 10.3 Å². The number of aryl methyl sites for hydroxylation is 1. The van der Waals surface area contributed by atoms with E-state index in [1.165, 1.54) is 6.07 Å². The lowest BCUT2D eigenvalue weighted by Crippen LogP contribution is -2.44. The van der Waals surface area contributed by atoms with Crippen LogP contribution in [0.25, 0.3) is 0 Å². The molecule has 0 aliphatic carbocycles. The zero-order valence-electron chi connectivity index (χ0n) is 11.8. The number of carboxylic acid groups (broad SMARTS) is 1. The van der Waals surface area contributed by atoms with Crippen LogP contribution in [0.1, 0.15) is 43.2 Å². The quantitative estimate of drug-likeness (QED) is 0.791. The number of carboxylic acids is 1. The molecule has 0 saturated carbocycles. The van der Waals surface area contributed by atoms with Crippen LogP contribution in [0.15, 0.2) is 12.1 Å². The van der Waals surface area contributed by atoms with E-state index in [4.69, 9.17) is 16.7 Å². The number of carbonyl (C=O) groups is 2. The van der Waals surface area contributed by atoms with Gasteiger partial charge in [0.2, 0.25) is 0 Å². The molecule has 0 aliphatic heterocycles. The topological polar surface area (TPSA) is 79.3 Å². The van der Waals surface area contributed by atoms with Crippen LogP contribution >= 0.6 is 11.6 Å². The predicted molar refractivity (Wildman–Crippen MR) is 77.0 cm³/mol. The first-order valence-corrected chi connectivity index (χ1v) is 6.93. The van der Waals surface area contributed by atoms with Crippen molar-refractivity contribution in [3.63, 3.8) is 0 Å². The van der Waals surface area contributed by atoms with E-state index in [0.29, 0.717) is 12.0 Å². The summed E-state index contributed by atoms with van der Waals surface area (Å²) in [6.07, 6.45) is 1.60. The third-order valence-electron chi connectivity index (χ3n) is 2.83. The highest BCUT2D eigenvalue weighted by molar-refractivity contribution is 6.29. The number of hydrogen-bond donors (Lipinski definition) is 2. The number of carbonyl (C=O) groups excluding carboxylic acids is 1. The molecule has 0 spiro atoms. The van der Waals surface area contributed by atoms with Gasteiger partial charge < -0.3 is 10.4 Å².